The molecule has 2 amide bonds. The van der Waals surface area contributed by atoms with Crippen LogP contribution in [0.3, 0.4) is 0 Å². The lowest BCUT2D eigenvalue weighted by Crippen LogP contribution is -2.47. The van der Waals surface area contributed by atoms with E-state index >= 15 is 0 Å². The van der Waals surface area contributed by atoms with Crippen LogP contribution in [-0.4, -0.2) is 16.0 Å². The maximum Gasteiger partial charge on any atom is 0.315 e. The Morgan fingerprint density at radius 2 is 2.10 bits per heavy atom. The molecule has 2 N–H and O–H groups in total. The zero-order valence-corrected chi connectivity index (χ0v) is 12.4. The van der Waals surface area contributed by atoms with Crippen molar-refractivity contribution in [1.82, 2.24) is 20.6 Å². The maximum atomic E-state index is 12.0. The molecule has 106 valence electrons. The van der Waals surface area contributed by atoms with Crippen molar-refractivity contribution in [3.05, 3.63) is 46.7 Å². The monoisotopic (exact) mass is 290 g/mol. The number of carbonyl (C=O) groups excluding carboxylic acids is 1. The van der Waals surface area contributed by atoms with Crippen LogP contribution < -0.4 is 10.6 Å². The Bertz CT molecular complexity index is 544. The molecule has 0 spiro atoms. The minimum Gasteiger partial charge on any atom is -0.334 e. The average molecular weight is 290 g/mol. The molecule has 0 unspecified atom stereocenters. The highest BCUT2D eigenvalue weighted by atomic mass is 32.1. The molecular weight excluding hydrogens is 272 g/mol. The minimum atomic E-state index is -0.434. The van der Waals surface area contributed by atoms with Crippen LogP contribution in [0.25, 0.3) is 0 Å². The number of pyridine rings is 1. The van der Waals surface area contributed by atoms with E-state index < -0.39 is 5.54 Å². The number of hydrogen-bond acceptors (Lipinski definition) is 4. The van der Waals surface area contributed by atoms with Crippen molar-refractivity contribution in [3.8, 4) is 0 Å². The molecule has 6 heteroatoms. The molecule has 0 aromatic carbocycles. The Balaban J connectivity index is 1.93. The number of nitrogens with one attached hydrogen (secondary N) is 2. The third-order valence-electron chi connectivity index (χ3n) is 3.20. The number of thiazole rings is 1. The molecule has 2 aromatic heterocycles. The van der Waals surface area contributed by atoms with Gasteiger partial charge in [-0.2, -0.15) is 0 Å². The van der Waals surface area contributed by atoms with Gasteiger partial charge in [0.1, 0.15) is 5.01 Å². The molecule has 2 rings (SSSR count). The molecule has 5 nitrogen and oxygen atoms in total. The lowest BCUT2D eigenvalue weighted by molar-refractivity contribution is 0.225. The number of rotatable bonds is 5. The van der Waals surface area contributed by atoms with Crippen LogP contribution in [0, 0.1) is 0 Å². The average Bonchev–Trinajstić information content (AvgIpc) is 3.01. The van der Waals surface area contributed by atoms with Crippen LogP contribution in [0.4, 0.5) is 4.79 Å². The van der Waals surface area contributed by atoms with E-state index in [9.17, 15) is 4.79 Å². The molecule has 0 aliphatic carbocycles. The summed E-state index contributed by atoms with van der Waals surface area (Å²) >= 11 is 1.55. The molecular formula is C14H18N4OS. The Hall–Kier alpha value is -1.95. The van der Waals surface area contributed by atoms with E-state index in [0.29, 0.717) is 6.54 Å². The lowest BCUT2D eigenvalue weighted by Gasteiger charge is -2.27. The summed E-state index contributed by atoms with van der Waals surface area (Å²) in [6.07, 6.45) is 5.95. The van der Waals surface area contributed by atoms with Gasteiger partial charge in [-0.1, -0.05) is 6.92 Å². The van der Waals surface area contributed by atoms with E-state index in [4.69, 9.17) is 0 Å². The van der Waals surface area contributed by atoms with Gasteiger partial charge in [0, 0.05) is 30.5 Å². The summed E-state index contributed by atoms with van der Waals surface area (Å²) in [5.74, 6) is 0. The zero-order chi connectivity index (χ0) is 14.4. The standard InChI is InChI=1S/C14H18N4OS/c1-3-14(2,12-16-8-9-20-12)18-13(19)17-10-11-4-6-15-7-5-11/h4-9H,3,10H2,1-2H3,(H2,17,18,19)/t14-/m0/s1. The highest BCUT2D eigenvalue weighted by Crippen LogP contribution is 2.25. The summed E-state index contributed by atoms with van der Waals surface area (Å²) in [7, 11) is 0. The summed E-state index contributed by atoms with van der Waals surface area (Å²) in [6, 6.07) is 3.56. The highest BCUT2D eigenvalue weighted by molar-refractivity contribution is 7.09. The van der Waals surface area contributed by atoms with Crippen molar-refractivity contribution < 1.29 is 4.79 Å². The van der Waals surface area contributed by atoms with Crippen LogP contribution in [0.5, 0.6) is 0 Å². The second-order valence-electron chi connectivity index (χ2n) is 4.69. The SMILES string of the molecule is CC[C@](C)(NC(=O)NCc1ccncc1)c1nccs1. The highest BCUT2D eigenvalue weighted by Gasteiger charge is 2.28. The van der Waals surface area contributed by atoms with Crippen LogP contribution in [-0.2, 0) is 12.1 Å². The van der Waals surface area contributed by atoms with Crippen LogP contribution in [0.2, 0.25) is 0 Å². The Morgan fingerprint density at radius 3 is 2.70 bits per heavy atom. The fourth-order valence-corrected chi connectivity index (χ4v) is 2.59. The second-order valence-corrected chi connectivity index (χ2v) is 5.58. The van der Waals surface area contributed by atoms with Gasteiger partial charge in [0.2, 0.25) is 0 Å². The van der Waals surface area contributed by atoms with E-state index in [1.54, 1.807) is 29.9 Å². The largest absolute Gasteiger partial charge is 0.334 e. The van der Waals surface area contributed by atoms with Crippen molar-refractivity contribution >= 4 is 17.4 Å². The first-order valence-electron chi connectivity index (χ1n) is 6.49. The second kappa shape index (κ2) is 6.47. The molecule has 0 aliphatic heterocycles. The summed E-state index contributed by atoms with van der Waals surface area (Å²) in [5.41, 5.74) is 0.582. The van der Waals surface area contributed by atoms with Gasteiger partial charge in [0.15, 0.2) is 0 Å². The molecule has 2 heterocycles. The van der Waals surface area contributed by atoms with Crippen molar-refractivity contribution in [2.45, 2.75) is 32.4 Å². The number of urea groups is 1. The molecule has 1 atom stereocenters. The molecule has 0 fully saturated rings. The normalized spacial score (nSPS) is 13.5. The lowest BCUT2D eigenvalue weighted by atomic mass is 10.0. The van der Waals surface area contributed by atoms with Crippen molar-refractivity contribution in [1.29, 1.82) is 0 Å². The van der Waals surface area contributed by atoms with Gasteiger partial charge in [-0.15, -0.1) is 11.3 Å². The van der Waals surface area contributed by atoms with Crippen LogP contribution >= 0.6 is 11.3 Å². The first-order chi connectivity index (χ1) is 9.64. The summed E-state index contributed by atoms with van der Waals surface area (Å²) < 4.78 is 0. The van der Waals surface area contributed by atoms with E-state index in [1.165, 1.54) is 0 Å². The quantitative estimate of drug-likeness (QED) is 0.889. The van der Waals surface area contributed by atoms with Gasteiger partial charge < -0.3 is 10.6 Å². The fourth-order valence-electron chi connectivity index (χ4n) is 1.77. The Kier molecular flexibility index (Phi) is 4.68. The Morgan fingerprint density at radius 1 is 1.35 bits per heavy atom. The maximum absolute atomic E-state index is 12.0. The minimum absolute atomic E-state index is 0.193. The van der Waals surface area contributed by atoms with Crippen LogP contribution in [0.15, 0.2) is 36.1 Å². The predicted octanol–water partition coefficient (Wildman–Crippen LogP) is 2.66. The van der Waals surface area contributed by atoms with E-state index in [0.717, 1.165) is 17.0 Å². The summed E-state index contributed by atoms with van der Waals surface area (Å²) in [6.45, 7) is 4.49. The van der Waals surface area contributed by atoms with Crippen molar-refractivity contribution in [2.75, 3.05) is 0 Å². The number of amides is 2. The topological polar surface area (TPSA) is 66.9 Å². The van der Waals surface area contributed by atoms with Gasteiger partial charge in [0.25, 0.3) is 0 Å². The summed E-state index contributed by atoms with van der Waals surface area (Å²) in [4.78, 5) is 20.3. The van der Waals surface area contributed by atoms with Crippen molar-refractivity contribution in [3.63, 3.8) is 0 Å². The predicted molar refractivity (Wildman–Crippen MR) is 79.4 cm³/mol. The number of nitrogens with zero attached hydrogens (tertiary/aromatic N) is 2. The molecule has 0 saturated carbocycles. The molecule has 0 bridgehead atoms. The fraction of sp³-hybridized carbons (Fsp3) is 0.357. The summed E-state index contributed by atoms with van der Waals surface area (Å²) in [5, 5.41) is 8.68. The first-order valence-corrected chi connectivity index (χ1v) is 7.37. The molecule has 2 aromatic rings. The third-order valence-corrected chi connectivity index (χ3v) is 4.24. The van der Waals surface area contributed by atoms with Gasteiger partial charge in [0.05, 0.1) is 5.54 Å². The zero-order valence-electron chi connectivity index (χ0n) is 11.6. The van der Waals surface area contributed by atoms with E-state index in [-0.39, 0.29) is 6.03 Å². The number of hydrogen-bond donors (Lipinski definition) is 2. The first kappa shape index (κ1) is 14.5. The molecule has 0 saturated heterocycles. The molecule has 0 radical (unpaired) electrons. The Labute approximate surface area is 122 Å². The van der Waals surface area contributed by atoms with Gasteiger partial charge in [-0.25, -0.2) is 9.78 Å². The molecule has 20 heavy (non-hydrogen) atoms. The third kappa shape index (κ3) is 3.54. The van der Waals surface area contributed by atoms with Crippen molar-refractivity contribution in [2.24, 2.45) is 0 Å². The number of aromatic nitrogens is 2. The smallest absolute Gasteiger partial charge is 0.315 e. The number of carbonyl (C=O) groups is 1. The van der Waals surface area contributed by atoms with E-state index in [1.807, 2.05) is 31.4 Å². The molecule has 0 aliphatic rings. The van der Waals surface area contributed by atoms with Gasteiger partial charge in [-0.05, 0) is 31.0 Å². The van der Waals surface area contributed by atoms with Gasteiger partial charge in [-0.3, -0.25) is 4.98 Å². The van der Waals surface area contributed by atoms with Crippen LogP contribution in [0.1, 0.15) is 30.8 Å². The van der Waals surface area contributed by atoms with Gasteiger partial charge >= 0.3 is 6.03 Å². The van der Waals surface area contributed by atoms with E-state index in [2.05, 4.69) is 20.6 Å².